The zero-order valence-corrected chi connectivity index (χ0v) is 17.2. The van der Waals surface area contributed by atoms with Crippen molar-refractivity contribution in [1.29, 1.82) is 0 Å². The van der Waals surface area contributed by atoms with Crippen molar-refractivity contribution < 1.29 is 27.8 Å². The lowest BCUT2D eigenvalue weighted by atomic mass is 10.0. The smallest absolute Gasteiger partial charge is 0.406 e. The third-order valence-electron chi connectivity index (χ3n) is 4.60. The number of aliphatic hydroxyl groups excluding tert-OH is 1. The van der Waals surface area contributed by atoms with Gasteiger partial charge in [0.05, 0.1) is 6.61 Å². The molecule has 9 heteroatoms. The molecule has 0 saturated heterocycles. The van der Waals surface area contributed by atoms with Gasteiger partial charge in [-0.1, -0.05) is 18.2 Å². The quantitative estimate of drug-likeness (QED) is 0.480. The number of benzene rings is 2. The Morgan fingerprint density at radius 2 is 1.84 bits per heavy atom. The molecule has 0 aliphatic heterocycles. The molecule has 0 fully saturated rings. The van der Waals surface area contributed by atoms with Crippen LogP contribution in [0.15, 0.2) is 60.8 Å². The number of alkyl halides is 3. The lowest BCUT2D eigenvalue weighted by Gasteiger charge is -2.14. The number of carbonyl (C=O) groups is 1. The van der Waals surface area contributed by atoms with Gasteiger partial charge in [-0.05, 0) is 66.4 Å². The SMILES string of the molecule is Cc1c(Nc2cc(Cc3cccc(OC(F)(F)F)c3)ccn2)cccc1C(=O)NCCO. The van der Waals surface area contributed by atoms with E-state index in [2.05, 4.69) is 20.4 Å². The molecule has 2 aromatic carbocycles. The summed E-state index contributed by atoms with van der Waals surface area (Å²) < 4.78 is 41.4. The Kier molecular flexibility index (Phi) is 7.32. The van der Waals surface area contributed by atoms with Crippen molar-refractivity contribution >= 4 is 17.4 Å². The zero-order valence-electron chi connectivity index (χ0n) is 17.2. The summed E-state index contributed by atoms with van der Waals surface area (Å²) >= 11 is 0. The molecule has 0 radical (unpaired) electrons. The lowest BCUT2D eigenvalue weighted by Crippen LogP contribution is -2.27. The Morgan fingerprint density at radius 3 is 2.59 bits per heavy atom. The predicted molar refractivity (Wildman–Crippen MR) is 114 cm³/mol. The second-order valence-electron chi connectivity index (χ2n) is 7.00. The molecule has 32 heavy (non-hydrogen) atoms. The molecule has 3 N–H and O–H groups in total. The molecule has 168 valence electrons. The molecule has 0 bridgehead atoms. The van der Waals surface area contributed by atoms with Crippen molar-refractivity contribution in [3.8, 4) is 5.75 Å². The van der Waals surface area contributed by atoms with Crippen molar-refractivity contribution in [2.45, 2.75) is 19.7 Å². The van der Waals surface area contributed by atoms with Gasteiger partial charge < -0.3 is 20.5 Å². The van der Waals surface area contributed by atoms with Crippen LogP contribution in [-0.4, -0.2) is 35.5 Å². The number of rotatable bonds is 8. The summed E-state index contributed by atoms with van der Waals surface area (Å²) in [6.45, 7) is 1.81. The van der Waals surface area contributed by atoms with Crippen LogP contribution in [0.5, 0.6) is 5.75 Å². The zero-order chi connectivity index (χ0) is 23.1. The fourth-order valence-corrected chi connectivity index (χ4v) is 3.16. The van der Waals surface area contributed by atoms with E-state index in [1.165, 1.54) is 18.2 Å². The Balaban J connectivity index is 1.75. The van der Waals surface area contributed by atoms with Crippen LogP contribution in [-0.2, 0) is 6.42 Å². The number of ether oxygens (including phenoxy) is 1. The molecule has 0 atom stereocenters. The third-order valence-corrected chi connectivity index (χ3v) is 4.60. The normalized spacial score (nSPS) is 11.2. The molecule has 0 spiro atoms. The summed E-state index contributed by atoms with van der Waals surface area (Å²) in [7, 11) is 0. The van der Waals surface area contributed by atoms with Crippen LogP contribution in [0.1, 0.15) is 27.0 Å². The number of anilines is 2. The number of halogens is 3. The van der Waals surface area contributed by atoms with Gasteiger partial charge in [0.2, 0.25) is 0 Å². The van der Waals surface area contributed by atoms with E-state index < -0.39 is 6.36 Å². The molecule has 1 aromatic heterocycles. The summed E-state index contributed by atoms with van der Waals surface area (Å²) in [6, 6.07) is 14.6. The van der Waals surface area contributed by atoms with Gasteiger partial charge in [0.15, 0.2) is 0 Å². The van der Waals surface area contributed by atoms with Crippen LogP contribution in [0.25, 0.3) is 0 Å². The van der Waals surface area contributed by atoms with Crippen molar-refractivity contribution in [1.82, 2.24) is 10.3 Å². The van der Waals surface area contributed by atoms with E-state index in [0.717, 1.165) is 5.56 Å². The highest BCUT2D eigenvalue weighted by molar-refractivity contribution is 5.97. The van der Waals surface area contributed by atoms with Gasteiger partial charge in [0, 0.05) is 24.0 Å². The van der Waals surface area contributed by atoms with Crippen molar-refractivity contribution in [2.24, 2.45) is 0 Å². The molecular formula is C23H22F3N3O3. The first-order valence-corrected chi connectivity index (χ1v) is 9.80. The van der Waals surface area contributed by atoms with Gasteiger partial charge in [0.1, 0.15) is 11.6 Å². The van der Waals surface area contributed by atoms with Gasteiger partial charge in [-0.15, -0.1) is 13.2 Å². The number of hydrogen-bond donors (Lipinski definition) is 3. The average molecular weight is 445 g/mol. The van der Waals surface area contributed by atoms with E-state index in [1.807, 2.05) is 6.07 Å². The number of carbonyl (C=O) groups excluding carboxylic acids is 1. The minimum absolute atomic E-state index is 0.148. The van der Waals surface area contributed by atoms with Gasteiger partial charge in [0.25, 0.3) is 5.91 Å². The minimum atomic E-state index is -4.74. The third kappa shape index (κ3) is 6.45. The number of pyridine rings is 1. The maximum atomic E-state index is 12.5. The molecule has 6 nitrogen and oxygen atoms in total. The van der Waals surface area contributed by atoms with Crippen molar-refractivity contribution in [3.05, 3.63) is 83.0 Å². The Labute approximate surface area is 183 Å². The number of nitrogens with one attached hydrogen (secondary N) is 2. The second kappa shape index (κ2) is 10.1. The van der Waals surface area contributed by atoms with Crippen LogP contribution in [0, 0.1) is 6.92 Å². The van der Waals surface area contributed by atoms with E-state index in [-0.39, 0.29) is 24.8 Å². The Bertz CT molecular complexity index is 1090. The highest BCUT2D eigenvalue weighted by atomic mass is 19.4. The van der Waals surface area contributed by atoms with E-state index in [9.17, 15) is 18.0 Å². The highest BCUT2D eigenvalue weighted by Crippen LogP contribution is 2.26. The molecule has 0 unspecified atom stereocenters. The first-order valence-electron chi connectivity index (χ1n) is 9.80. The first-order chi connectivity index (χ1) is 15.2. The Hall–Kier alpha value is -3.59. The number of hydrogen-bond acceptors (Lipinski definition) is 5. The van der Waals surface area contributed by atoms with Crippen LogP contribution < -0.4 is 15.4 Å². The number of nitrogens with zero attached hydrogens (tertiary/aromatic N) is 1. The van der Waals surface area contributed by atoms with Crippen LogP contribution >= 0.6 is 0 Å². The largest absolute Gasteiger partial charge is 0.573 e. The first kappa shape index (κ1) is 23.1. The van der Waals surface area contributed by atoms with Crippen LogP contribution in [0.4, 0.5) is 24.7 Å². The van der Waals surface area contributed by atoms with E-state index in [1.54, 1.807) is 43.5 Å². The standard InChI is InChI=1S/C23H22F3N3O3/c1-15-19(22(31)28-10-11-30)6-3-7-20(15)29-21-14-17(8-9-27-21)12-16-4-2-5-18(13-16)32-23(24,25)26/h2-9,13-14,30H,10-12H2,1H3,(H,27,29)(H,28,31). The molecule has 0 aliphatic carbocycles. The van der Waals surface area contributed by atoms with Gasteiger partial charge in [-0.25, -0.2) is 4.98 Å². The molecule has 3 aromatic rings. The number of amides is 1. The number of aromatic nitrogens is 1. The fraction of sp³-hybridized carbons (Fsp3) is 0.217. The monoisotopic (exact) mass is 445 g/mol. The summed E-state index contributed by atoms with van der Waals surface area (Å²) in [6.07, 6.45) is -2.76. The van der Waals surface area contributed by atoms with E-state index in [0.29, 0.717) is 34.6 Å². The maximum absolute atomic E-state index is 12.5. The second-order valence-corrected chi connectivity index (χ2v) is 7.00. The topological polar surface area (TPSA) is 83.5 Å². The molecule has 3 rings (SSSR count). The lowest BCUT2D eigenvalue weighted by molar-refractivity contribution is -0.274. The van der Waals surface area contributed by atoms with Crippen molar-refractivity contribution in [2.75, 3.05) is 18.5 Å². The Morgan fingerprint density at radius 1 is 1.09 bits per heavy atom. The van der Waals surface area contributed by atoms with Crippen LogP contribution in [0.2, 0.25) is 0 Å². The fourth-order valence-electron chi connectivity index (χ4n) is 3.16. The average Bonchev–Trinajstić information content (AvgIpc) is 2.73. The van der Waals surface area contributed by atoms with E-state index >= 15 is 0 Å². The highest BCUT2D eigenvalue weighted by Gasteiger charge is 2.31. The molecule has 0 saturated carbocycles. The maximum Gasteiger partial charge on any atom is 0.573 e. The molecule has 0 aliphatic rings. The summed E-state index contributed by atoms with van der Waals surface area (Å²) in [4.78, 5) is 16.5. The molecule has 1 amide bonds. The van der Waals surface area contributed by atoms with Crippen molar-refractivity contribution in [3.63, 3.8) is 0 Å². The van der Waals surface area contributed by atoms with Gasteiger partial charge in [-0.2, -0.15) is 0 Å². The summed E-state index contributed by atoms with van der Waals surface area (Å²) in [5, 5.41) is 14.7. The predicted octanol–water partition coefficient (Wildman–Crippen LogP) is 4.35. The summed E-state index contributed by atoms with van der Waals surface area (Å²) in [5.74, 6) is -0.0293. The van der Waals surface area contributed by atoms with Gasteiger partial charge in [-0.3, -0.25) is 4.79 Å². The summed E-state index contributed by atoms with van der Waals surface area (Å²) in [5.41, 5.74) is 3.36. The molecular weight excluding hydrogens is 423 g/mol. The van der Waals surface area contributed by atoms with E-state index in [4.69, 9.17) is 5.11 Å². The van der Waals surface area contributed by atoms with Crippen LogP contribution in [0.3, 0.4) is 0 Å². The number of aliphatic hydroxyl groups is 1. The minimum Gasteiger partial charge on any atom is -0.406 e. The van der Waals surface area contributed by atoms with Gasteiger partial charge >= 0.3 is 6.36 Å². The molecule has 1 heterocycles.